The second-order valence-corrected chi connectivity index (χ2v) is 6.68. The van der Waals surface area contributed by atoms with E-state index in [4.69, 9.17) is 14.2 Å². The Labute approximate surface area is 187 Å². The number of unbranched alkanes of at least 4 members (excludes halogenated alkanes) is 1. The summed E-state index contributed by atoms with van der Waals surface area (Å²) in [5, 5.41) is 2.49. The SMILES string of the molecule is CCCCOc1ccc(C(=O)NNC(=O)CNC(=O)c2ccccc2OCC)cc1OC. The van der Waals surface area contributed by atoms with Crippen molar-refractivity contribution in [1.29, 1.82) is 0 Å². The van der Waals surface area contributed by atoms with E-state index in [9.17, 15) is 14.4 Å². The lowest BCUT2D eigenvalue weighted by atomic mass is 10.2. The van der Waals surface area contributed by atoms with E-state index < -0.39 is 17.7 Å². The van der Waals surface area contributed by atoms with Crippen molar-refractivity contribution in [1.82, 2.24) is 16.2 Å². The van der Waals surface area contributed by atoms with Crippen LogP contribution < -0.4 is 30.4 Å². The maximum Gasteiger partial charge on any atom is 0.269 e. The molecule has 0 saturated carbocycles. The molecule has 9 nitrogen and oxygen atoms in total. The smallest absolute Gasteiger partial charge is 0.269 e. The summed E-state index contributed by atoms with van der Waals surface area (Å²) in [5.41, 5.74) is 5.17. The molecule has 9 heteroatoms. The van der Waals surface area contributed by atoms with Gasteiger partial charge in [0, 0.05) is 5.56 Å². The number of methoxy groups -OCH3 is 1. The molecule has 0 fully saturated rings. The minimum absolute atomic E-state index is 0.277. The molecule has 3 amide bonds. The Hall–Kier alpha value is -3.75. The molecule has 0 unspecified atom stereocenters. The van der Waals surface area contributed by atoms with Gasteiger partial charge >= 0.3 is 0 Å². The second-order valence-electron chi connectivity index (χ2n) is 6.68. The van der Waals surface area contributed by atoms with Crippen molar-refractivity contribution in [3.8, 4) is 17.2 Å². The third-order valence-electron chi connectivity index (χ3n) is 4.34. The average Bonchev–Trinajstić information content (AvgIpc) is 2.81. The number of hydrazine groups is 1. The molecular weight excluding hydrogens is 414 g/mol. The van der Waals surface area contributed by atoms with Crippen LogP contribution in [0.2, 0.25) is 0 Å². The Bertz CT molecular complexity index is 932. The Balaban J connectivity index is 1.86. The molecule has 0 atom stereocenters. The van der Waals surface area contributed by atoms with Crippen LogP contribution in [0, 0.1) is 0 Å². The number of nitrogens with one attached hydrogen (secondary N) is 3. The van der Waals surface area contributed by atoms with Crippen molar-refractivity contribution >= 4 is 17.7 Å². The number of rotatable bonds is 11. The molecule has 2 rings (SSSR count). The highest BCUT2D eigenvalue weighted by Crippen LogP contribution is 2.28. The topological polar surface area (TPSA) is 115 Å². The van der Waals surface area contributed by atoms with Gasteiger partial charge in [-0.1, -0.05) is 25.5 Å². The quantitative estimate of drug-likeness (QED) is 0.363. The number of carbonyl (C=O) groups is 3. The highest BCUT2D eigenvalue weighted by atomic mass is 16.5. The first-order valence-corrected chi connectivity index (χ1v) is 10.4. The first kappa shape index (κ1) is 24.5. The monoisotopic (exact) mass is 443 g/mol. The third kappa shape index (κ3) is 7.19. The van der Waals surface area contributed by atoms with E-state index in [2.05, 4.69) is 23.1 Å². The van der Waals surface area contributed by atoms with E-state index >= 15 is 0 Å². The van der Waals surface area contributed by atoms with Gasteiger partial charge in [0.25, 0.3) is 17.7 Å². The third-order valence-corrected chi connectivity index (χ3v) is 4.34. The van der Waals surface area contributed by atoms with Gasteiger partial charge in [-0.15, -0.1) is 0 Å². The van der Waals surface area contributed by atoms with Crippen LogP contribution in [0.1, 0.15) is 47.4 Å². The molecule has 0 saturated heterocycles. The van der Waals surface area contributed by atoms with Crippen LogP contribution in [-0.2, 0) is 4.79 Å². The van der Waals surface area contributed by atoms with Crippen LogP contribution >= 0.6 is 0 Å². The fraction of sp³-hybridized carbons (Fsp3) is 0.348. The van der Waals surface area contributed by atoms with Gasteiger partial charge in [-0.25, -0.2) is 0 Å². The van der Waals surface area contributed by atoms with Crippen LogP contribution in [0.15, 0.2) is 42.5 Å². The van der Waals surface area contributed by atoms with Crippen molar-refractivity contribution in [3.05, 3.63) is 53.6 Å². The largest absolute Gasteiger partial charge is 0.493 e. The molecule has 32 heavy (non-hydrogen) atoms. The Morgan fingerprint density at radius 3 is 2.38 bits per heavy atom. The standard InChI is InChI=1S/C23H29N3O6/c1-4-6-13-32-19-12-11-16(14-20(19)30-3)22(28)26-25-21(27)15-24-23(29)17-9-7-8-10-18(17)31-5-2/h7-12,14H,4-6,13,15H2,1-3H3,(H,24,29)(H,25,27)(H,26,28). The molecule has 172 valence electrons. The zero-order valence-electron chi connectivity index (χ0n) is 18.5. The highest BCUT2D eigenvalue weighted by Gasteiger charge is 2.15. The molecule has 0 bridgehead atoms. The predicted octanol–water partition coefficient (Wildman–Crippen LogP) is 2.46. The summed E-state index contributed by atoms with van der Waals surface area (Å²) >= 11 is 0. The summed E-state index contributed by atoms with van der Waals surface area (Å²) in [7, 11) is 1.48. The lowest BCUT2D eigenvalue weighted by Gasteiger charge is -2.13. The molecule has 0 radical (unpaired) electrons. The summed E-state index contributed by atoms with van der Waals surface area (Å²) in [6, 6.07) is 11.5. The zero-order valence-corrected chi connectivity index (χ0v) is 18.5. The molecule has 3 N–H and O–H groups in total. The van der Waals surface area contributed by atoms with Crippen LogP contribution in [0.4, 0.5) is 0 Å². The number of para-hydroxylation sites is 1. The molecule has 2 aromatic rings. The van der Waals surface area contributed by atoms with E-state index in [1.165, 1.54) is 13.2 Å². The molecule has 0 spiro atoms. The fourth-order valence-corrected chi connectivity index (χ4v) is 2.69. The van der Waals surface area contributed by atoms with Crippen molar-refractivity contribution in [2.45, 2.75) is 26.7 Å². The molecule has 0 aliphatic carbocycles. The van der Waals surface area contributed by atoms with Gasteiger partial charge in [0.1, 0.15) is 5.75 Å². The first-order chi connectivity index (χ1) is 15.5. The Morgan fingerprint density at radius 2 is 1.66 bits per heavy atom. The fourth-order valence-electron chi connectivity index (χ4n) is 2.69. The molecule has 0 aliphatic rings. The van der Waals surface area contributed by atoms with Crippen LogP contribution in [-0.4, -0.2) is 44.6 Å². The maximum absolute atomic E-state index is 12.3. The van der Waals surface area contributed by atoms with E-state index in [1.807, 2.05) is 6.92 Å². The van der Waals surface area contributed by atoms with Crippen molar-refractivity contribution in [3.63, 3.8) is 0 Å². The van der Waals surface area contributed by atoms with Crippen LogP contribution in [0.5, 0.6) is 17.2 Å². The van der Waals surface area contributed by atoms with Crippen LogP contribution in [0.3, 0.4) is 0 Å². The summed E-state index contributed by atoms with van der Waals surface area (Å²) in [6.45, 7) is 4.51. The lowest BCUT2D eigenvalue weighted by Crippen LogP contribution is -2.46. The predicted molar refractivity (Wildman–Crippen MR) is 119 cm³/mol. The number of hydrogen-bond donors (Lipinski definition) is 3. The molecule has 0 heterocycles. The number of amides is 3. The van der Waals surface area contributed by atoms with Crippen molar-refractivity contribution in [2.75, 3.05) is 26.9 Å². The summed E-state index contributed by atoms with van der Waals surface area (Å²) in [5.74, 6) is -0.204. The van der Waals surface area contributed by atoms with E-state index in [-0.39, 0.29) is 12.1 Å². The lowest BCUT2D eigenvalue weighted by molar-refractivity contribution is -0.120. The van der Waals surface area contributed by atoms with Gasteiger partial charge in [0.15, 0.2) is 11.5 Å². The van der Waals surface area contributed by atoms with Gasteiger partial charge in [0.05, 0.1) is 32.4 Å². The number of carbonyl (C=O) groups excluding carboxylic acids is 3. The van der Waals surface area contributed by atoms with E-state index in [1.54, 1.807) is 36.4 Å². The Kier molecular flexibility index (Phi) is 9.83. The average molecular weight is 444 g/mol. The number of hydrogen-bond acceptors (Lipinski definition) is 6. The van der Waals surface area contributed by atoms with Gasteiger partial charge in [-0.3, -0.25) is 25.2 Å². The second kappa shape index (κ2) is 12.8. The summed E-state index contributed by atoms with van der Waals surface area (Å²) < 4.78 is 16.3. The number of ether oxygens (including phenoxy) is 3. The first-order valence-electron chi connectivity index (χ1n) is 10.4. The molecule has 0 aromatic heterocycles. The van der Waals surface area contributed by atoms with Gasteiger partial charge in [-0.05, 0) is 43.7 Å². The number of benzene rings is 2. The molecular formula is C23H29N3O6. The normalized spacial score (nSPS) is 10.1. The van der Waals surface area contributed by atoms with Crippen molar-refractivity contribution in [2.24, 2.45) is 0 Å². The minimum Gasteiger partial charge on any atom is -0.493 e. The van der Waals surface area contributed by atoms with Crippen molar-refractivity contribution < 1.29 is 28.6 Å². The summed E-state index contributed by atoms with van der Waals surface area (Å²) in [4.78, 5) is 36.7. The molecule has 2 aromatic carbocycles. The van der Waals surface area contributed by atoms with Crippen LogP contribution in [0.25, 0.3) is 0 Å². The molecule has 0 aliphatic heterocycles. The van der Waals surface area contributed by atoms with E-state index in [0.717, 1.165) is 12.8 Å². The summed E-state index contributed by atoms with van der Waals surface area (Å²) in [6.07, 6.45) is 1.91. The maximum atomic E-state index is 12.3. The Morgan fingerprint density at radius 1 is 0.875 bits per heavy atom. The zero-order chi connectivity index (χ0) is 23.3. The highest BCUT2D eigenvalue weighted by molar-refractivity contribution is 5.99. The van der Waals surface area contributed by atoms with Gasteiger partial charge < -0.3 is 19.5 Å². The van der Waals surface area contributed by atoms with Gasteiger partial charge in [0.2, 0.25) is 0 Å². The minimum atomic E-state index is -0.591. The van der Waals surface area contributed by atoms with Gasteiger partial charge in [-0.2, -0.15) is 0 Å². The van der Waals surface area contributed by atoms with E-state index in [0.29, 0.717) is 36.0 Å².